The first-order chi connectivity index (χ1) is 16.0. The first-order valence-corrected chi connectivity index (χ1v) is 12.2. The standard InChI is InChI=1S/C24H17F4NO3S2/c1-15(30)17-7-9-19(10-8-17)34(31,32)29(23-13-18-4-2-3-5-22(18)33-23)14-16-6-11-21(25)20(12-16)24(26,27)28/h2-13H,14H2,1H3. The summed E-state index contributed by atoms with van der Waals surface area (Å²) in [5, 5.41) is 1.06. The molecule has 1 heterocycles. The Labute approximate surface area is 197 Å². The zero-order valence-electron chi connectivity index (χ0n) is 17.6. The number of hydrogen-bond donors (Lipinski definition) is 0. The number of benzene rings is 3. The number of halogens is 4. The highest BCUT2D eigenvalue weighted by molar-refractivity contribution is 7.93. The molecule has 3 aromatic carbocycles. The molecular weight excluding hydrogens is 490 g/mol. The summed E-state index contributed by atoms with van der Waals surface area (Å²) in [6.45, 7) is 0.896. The molecule has 0 saturated heterocycles. The van der Waals surface area contributed by atoms with Crippen molar-refractivity contribution in [3.63, 3.8) is 0 Å². The second-order valence-electron chi connectivity index (χ2n) is 7.53. The van der Waals surface area contributed by atoms with E-state index in [9.17, 15) is 30.8 Å². The summed E-state index contributed by atoms with van der Waals surface area (Å²) < 4.78 is 82.5. The molecule has 0 aliphatic rings. The number of fused-ring (bicyclic) bond motifs is 1. The summed E-state index contributed by atoms with van der Waals surface area (Å²) in [6, 6.07) is 16.5. The number of rotatable bonds is 6. The van der Waals surface area contributed by atoms with Gasteiger partial charge in [-0.2, -0.15) is 13.2 Å². The molecule has 0 aliphatic carbocycles. The summed E-state index contributed by atoms with van der Waals surface area (Å²) in [7, 11) is -4.24. The number of hydrogen-bond acceptors (Lipinski definition) is 4. The molecule has 0 bridgehead atoms. The molecule has 4 aromatic rings. The minimum absolute atomic E-state index is 0.0323. The molecule has 0 fully saturated rings. The van der Waals surface area contributed by atoms with Crippen LogP contribution in [0.5, 0.6) is 0 Å². The molecule has 1 aromatic heterocycles. The van der Waals surface area contributed by atoms with Crippen LogP contribution in [-0.4, -0.2) is 14.2 Å². The van der Waals surface area contributed by atoms with Crippen LogP contribution < -0.4 is 4.31 Å². The molecule has 0 radical (unpaired) electrons. The van der Waals surface area contributed by atoms with Crippen molar-refractivity contribution >= 4 is 42.2 Å². The molecule has 176 valence electrons. The second kappa shape index (κ2) is 8.84. The Morgan fingerprint density at radius 1 is 0.971 bits per heavy atom. The van der Waals surface area contributed by atoms with Gasteiger partial charge in [0.05, 0.1) is 17.0 Å². The van der Waals surface area contributed by atoms with Crippen molar-refractivity contribution in [2.24, 2.45) is 0 Å². The molecule has 0 aliphatic heterocycles. The van der Waals surface area contributed by atoms with Crippen LogP contribution in [0, 0.1) is 5.82 Å². The lowest BCUT2D eigenvalue weighted by atomic mass is 10.1. The van der Waals surface area contributed by atoms with E-state index in [-0.39, 0.29) is 21.2 Å². The van der Waals surface area contributed by atoms with Gasteiger partial charge in [-0.1, -0.05) is 36.4 Å². The molecule has 0 atom stereocenters. The van der Waals surface area contributed by atoms with Crippen molar-refractivity contribution in [3.05, 3.63) is 95.3 Å². The normalized spacial score (nSPS) is 12.1. The molecule has 0 saturated carbocycles. The fourth-order valence-electron chi connectivity index (χ4n) is 3.41. The SMILES string of the molecule is CC(=O)c1ccc(S(=O)(=O)N(Cc2ccc(F)c(C(F)(F)F)c2)c2cc3ccccc3s2)cc1. The first kappa shape index (κ1) is 23.9. The number of alkyl halides is 3. The lowest BCUT2D eigenvalue weighted by Gasteiger charge is -2.23. The van der Waals surface area contributed by atoms with E-state index in [1.807, 2.05) is 0 Å². The Balaban J connectivity index is 1.83. The minimum Gasteiger partial charge on any atom is -0.295 e. The van der Waals surface area contributed by atoms with Crippen molar-refractivity contribution in [2.45, 2.75) is 24.5 Å². The number of thiophene rings is 1. The molecule has 0 unspecified atom stereocenters. The molecule has 0 N–H and O–H groups in total. The van der Waals surface area contributed by atoms with Crippen LogP contribution >= 0.6 is 11.3 Å². The highest BCUT2D eigenvalue weighted by Gasteiger charge is 2.35. The number of carbonyl (C=O) groups excluding carboxylic acids is 1. The molecule has 10 heteroatoms. The molecule has 34 heavy (non-hydrogen) atoms. The van der Waals surface area contributed by atoms with E-state index in [1.165, 1.54) is 31.2 Å². The number of carbonyl (C=O) groups is 1. The summed E-state index contributed by atoms with van der Waals surface area (Å²) >= 11 is 1.16. The number of sulfonamides is 1. The van der Waals surface area contributed by atoms with Gasteiger partial charge in [-0.3, -0.25) is 9.10 Å². The Hall–Kier alpha value is -3.24. The Morgan fingerprint density at radius 2 is 1.65 bits per heavy atom. The quantitative estimate of drug-likeness (QED) is 0.217. The molecule has 0 spiro atoms. The van der Waals surface area contributed by atoms with Gasteiger partial charge in [0, 0.05) is 10.3 Å². The van der Waals surface area contributed by atoms with Crippen LogP contribution in [0.15, 0.2) is 77.7 Å². The summed E-state index contributed by atoms with van der Waals surface area (Å²) in [6.07, 6.45) is -4.93. The van der Waals surface area contributed by atoms with Crippen LogP contribution in [0.4, 0.5) is 22.6 Å². The van der Waals surface area contributed by atoms with Crippen molar-refractivity contribution in [2.75, 3.05) is 4.31 Å². The van der Waals surface area contributed by atoms with E-state index in [0.29, 0.717) is 17.7 Å². The lowest BCUT2D eigenvalue weighted by molar-refractivity contribution is -0.140. The predicted octanol–water partition coefficient (Wildman–Crippen LogP) is 6.66. The van der Waals surface area contributed by atoms with Gasteiger partial charge >= 0.3 is 6.18 Å². The smallest absolute Gasteiger partial charge is 0.295 e. The van der Waals surface area contributed by atoms with E-state index in [2.05, 4.69) is 0 Å². The van der Waals surface area contributed by atoms with Crippen LogP contribution in [-0.2, 0) is 22.7 Å². The van der Waals surface area contributed by atoms with E-state index in [1.54, 1.807) is 30.3 Å². The van der Waals surface area contributed by atoms with Gasteiger partial charge in [-0.05, 0) is 54.3 Å². The van der Waals surface area contributed by atoms with Gasteiger partial charge in [-0.15, -0.1) is 11.3 Å². The third-order valence-electron chi connectivity index (χ3n) is 5.17. The van der Waals surface area contributed by atoms with Crippen LogP contribution in [0.2, 0.25) is 0 Å². The monoisotopic (exact) mass is 507 g/mol. The summed E-state index contributed by atoms with van der Waals surface area (Å²) in [5.41, 5.74) is -1.18. The van der Waals surface area contributed by atoms with Crippen molar-refractivity contribution in [3.8, 4) is 0 Å². The molecule has 4 rings (SSSR count). The third-order valence-corrected chi connectivity index (χ3v) is 8.20. The molecular formula is C24H17F4NO3S2. The summed E-state index contributed by atoms with van der Waals surface area (Å²) in [4.78, 5) is 11.4. The summed E-state index contributed by atoms with van der Waals surface area (Å²) in [5.74, 6) is -1.68. The van der Waals surface area contributed by atoms with Gasteiger partial charge < -0.3 is 0 Å². The minimum atomic E-state index is -4.93. The molecule has 0 amide bonds. The highest BCUT2D eigenvalue weighted by atomic mass is 32.2. The van der Waals surface area contributed by atoms with Crippen LogP contribution in [0.25, 0.3) is 10.1 Å². The fraction of sp³-hybridized carbons (Fsp3) is 0.125. The van der Waals surface area contributed by atoms with Gasteiger partial charge in [-0.25, -0.2) is 12.8 Å². The number of anilines is 1. The van der Waals surface area contributed by atoms with Crippen molar-refractivity contribution in [1.29, 1.82) is 0 Å². The van der Waals surface area contributed by atoms with Gasteiger partial charge in [0.15, 0.2) is 5.78 Å². The highest BCUT2D eigenvalue weighted by Crippen LogP contribution is 2.37. The van der Waals surface area contributed by atoms with Crippen LogP contribution in [0.3, 0.4) is 0 Å². The maximum Gasteiger partial charge on any atom is 0.419 e. The van der Waals surface area contributed by atoms with E-state index in [0.717, 1.165) is 31.8 Å². The van der Waals surface area contributed by atoms with Gasteiger partial charge in [0.1, 0.15) is 10.8 Å². The predicted molar refractivity (Wildman–Crippen MR) is 123 cm³/mol. The fourth-order valence-corrected chi connectivity index (χ4v) is 6.13. The average Bonchev–Trinajstić information content (AvgIpc) is 3.21. The zero-order valence-corrected chi connectivity index (χ0v) is 19.3. The van der Waals surface area contributed by atoms with E-state index in [4.69, 9.17) is 0 Å². The Morgan fingerprint density at radius 3 is 2.26 bits per heavy atom. The average molecular weight is 508 g/mol. The Bertz CT molecular complexity index is 1440. The van der Waals surface area contributed by atoms with Crippen LogP contribution in [0.1, 0.15) is 28.4 Å². The largest absolute Gasteiger partial charge is 0.419 e. The van der Waals surface area contributed by atoms with Crippen molar-refractivity contribution < 1.29 is 30.8 Å². The van der Waals surface area contributed by atoms with E-state index >= 15 is 0 Å². The third kappa shape index (κ3) is 4.69. The van der Waals surface area contributed by atoms with E-state index < -0.39 is 34.1 Å². The zero-order chi connectivity index (χ0) is 24.7. The number of nitrogens with zero attached hydrogens (tertiary/aromatic N) is 1. The second-order valence-corrected chi connectivity index (χ2v) is 10.5. The maximum atomic E-state index is 13.8. The Kier molecular flexibility index (Phi) is 6.22. The number of Topliss-reactive ketones (excluding diaryl/α,β-unsaturated/α-hetero) is 1. The van der Waals surface area contributed by atoms with Gasteiger partial charge in [0.2, 0.25) is 0 Å². The number of ketones is 1. The van der Waals surface area contributed by atoms with Gasteiger partial charge in [0.25, 0.3) is 10.0 Å². The lowest BCUT2D eigenvalue weighted by Crippen LogP contribution is -2.30. The molecule has 4 nitrogen and oxygen atoms in total. The van der Waals surface area contributed by atoms with Crippen molar-refractivity contribution in [1.82, 2.24) is 0 Å². The first-order valence-electron chi connectivity index (χ1n) is 9.95. The topological polar surface area (TPSA) is 54.5 Å². The maximum absolute atomic E-state index is 13.8.